The molecule has 1 saturated carbocycles. The highest BCUT2D eigenvalue weighted by atomic mass is 32.2. The molecule has 4 aromatic heterocycles. The summed E-state index contributed by atoms with van der Waals surface area (Å²) >= 11 is 1.53. The fraction of sp³-hybridized carbons (Fsp3) is 0.280. The Labute approximate surface area is 206 Å². The second kappa shape index (κ2) is 8.59. The van der Waals surface area contributed by atoms with Crippen molar-refractivity contribution in [2.45, 2.75) is 43.0 Å². The van der Waals surface area contributed by atoms with Gasteiger partial charge in [0, 0.05) is 30.2 Å². The van der Waals surface area contributed by atoms with Gasteiger partial charge in [-0.15, -0.1) is 11.3 Å². The number of fused-ring (bicyclic) bond motifs is 3. The maximum Gasteiger partial charge on any atom is 0.269 e. The van der Waals surface area contributed by atoms with E-state index in [4.69, 9.17) is 10.2 Å². The summed E-state index contributed by atoms with van der Waals surface area (Å²) in [7, 11) is -3.79. The monoisotopic (exact) mass is 502 g/mol. The van der Waals surface area contributed by atoms with Crippen LogP contribution in [0, 0.1) is 17.2 Å². The lowest BCUT2D eigenvalue weighted by Gasteiger charge is -2.29. The summed E-state index contributed by atoms with van der Waals surface area (Å²) in [6, 6.07) is 12.7. The Morgan fingerprint density at radius 3 is 2.60 bits per heavy atom. The van der Waals surface area contributed by atoms with Crippen LogP contribution in [-0.4, -0.2) is 31.9 Å². The number of hydrogen-bond acceptors (Lipinski definition) is 7. The summed E-state index contributed by atoms with van der Waals surface area (Å²) in [6.45, 7) is 0. The van der Waals surface area contributed by atoms with Crippen molar-refractivity contribution in [2.75, 3.05) is 0 Å². The van der Waals surface area contributed by atoms with Crippen LogP contribution in [-0.2, 0) is 10.0 Å². The molecule has 0 N–H and O–H groups in total. The van der Waals surface area contributed by atoms with E-state index in [2.05, 4.69) is 20.6 Å². The smallest absolute Gasteiger partial charge is 0.269 e. The number of rotatable bonds is 5. The third-order valence-electron chi connectivity index (χ3n) is 6.84. The summed E-state index contributed by atoms with van der Waals surface area (Å²) in [5, 5.41) is 9.87. The van der Waals surface area contributed by atoms with E-state index < -0.39 is 10.0 Å². The number of aromatic nitrogens is 5. The molecule has 1 aliphatic rings. The molecule has 10 heteroatoms. The second-order valence-corrected chi connectivity index (χ2v) is 11.6. The standard InChI is InChI=1S/C25H22N6O2S2/c26-12-10-17-6-8-18(9-7-17)31-23-20-11-13-30(35(32,33)19-4-2-1-3-5-19)24(20)28-14-21(23)29-25(31)22-15-27-16-34-22/h1-5,11,13-18H,6-10H2/t17-,18-. The van der Waals surface area contributed by atoms with Crippen LogP contribution in [0.5, 0.6) is 0 Å². The molecule has 176 valence electrons. The second-order valence-electron chi connectivity index (χ2n) is 8.87. The van der Waals surface area contributed by atoms with Crippen LogP contribution < -0.4 is 0 Å². The van der Waals surface area contributed by atoms with Gasteiger partial charge < -0.3 is 4.57 Å². The molecule has 0 unspecified atom stereocenters. The Balaban J connectivity index is 1.54. The lowest BCUT2D eigenvalue weighted by Crippen LogP contribution is -2.19. The average Bonchev–Trinajstić information content (AvgIpc) is 3.63. The molecule has 0 bridgehead atoms. The molecular formula is C25H22N6O2S2. The first-order chi connectivity index (χ1) is 17.1. The summed E-state index contributed by atoms with van der Waals surface area (Å²) < 4.78 is 30.3. The van der Waals surface area contributed by atoms with Crippen molar-refractivity contribution in [1.29, 1.82) is 5.26 Å². The quantitative estimate of drug-likeness (QED) is 0.319. The lowest BCUT2D eigenvalue weighted by molar-refractivity contribution is 0.283. The molecule has 5 aromatic rings. The molecule has 0 atom stereocenters. The van der Waals surface area contributed by atoms with E-state index in [0.29, 0.717) is 18.0 Å². The molecule has 35 heavy (non-hydrogen) atoms. The van der Waals surface area contributed by atoms with Gasteiger partial charge in [-0.25, -0.2) is 22.4 Å². The Morgan fingerprint density at radius 1 is 1.09 bits per heavy atom. The van der Waals surface area contributed by atoms with Crippen molar-refractivity contribution < 1.29 is 8.42 Å². The molecule has 0 saturated heterocycles. The number of nitrogens with zero attached hydrogens (tertiary/aromatic N) is 6. The average molecular weight is 503 g/mol. The molecule has 0 aliphatic heterocycles. The SMILES string of the molecule is N#CC[C@H]1CC[C@H](n2c(-c3cncs3)nc3cnc4c(ccn4S(=O)(=O)c4ccccc4)c32)CC1. The molecule has 0 radical (unpaired) electrons. The van der Waals surface area contributed by atoms with Gasteiger partial charge in [0.05, 0.1) is 33.1 Å². The van der Waals surface area contributed by atoms with Crippen molar-refractivity contribution in [2.24, 2.45) is 5.92 Å². The Kier molecular flexibility index (Phi) is 5.39. The molecule has 1 aliphatic carbocycles. The highest BCUT2D eigenvalue weighted by molar-refractivity contribution is 7.90. The third kappa shape index (κ3) is 3.63. The first kappa shape index (κ1) is 21.9. The van der Waals surface area contributed by atoms with Crippen molar-refractivity contribution in [1.82, 2.24) is 23.5 Å². The Bertz CT molecular complexity index is 1660. The summed E-state index contributed by atoms with van der Waals surface area (Å²) in [5.74, 6) is 1.26. The third-order valence-corrected chi connectivity index (χ3v) is 9.29. The van der Waals surface area contributed by atoms with Gasteiger partial charge >= 0.3 is 0 Å². The number of pyridine rings is 1. The number of benzene rings is 1. The van der Waals surface area contributed by atoms with E-state index in [9.17, 15) is 8.42 Å². The van der Waals surface area contributed by atoms with Gasteiger partial charge in [-0.1, -0.05) is 18.2 Å². The van der Waals surface area contributed by atoms with E-state index >= 15 is 0 Å². The minimum absolute atomic E-state index is 0.201. The van der Waals surface area contributed by atoms with Crippen LogP contribution in [0.3, 0.4) is 0 Å². The van der Waals surface area contributed by atoms with Gasteiger partial charge in [-0.3, -0.25) is 4.98 Å². The molecular weight excluding hydrogens is 480 g/mol. The van der Waals surface area contributed by atoms with Crippen LogP contribution in [0.1, 0.15) is 38.1 Å². The van der Waals surface area contributed by atoms with Crippen molar-refractivity contribution >= 4 is 43.4 Å². The van der Waals surface area contributed by atoms with Crippen molar-refractivity contribution in [3.05, 3.63) is 60.5 Å². The summed E-state index contributed by atoms with van der Waals surface area (Å²) in [5.41, 5.74) is 3.80. The van der Waals surface area contributed by atoms with Gasteiger partial charge in [0.2, 0.25) is 0 Å². The normalized spacial score (nSPS) is 18.7. The highest BCUT2D eigenvalue weighted by Crippen LogP contribution is 2.41. The number of hydrogen-bond donors (Lipinski definition) is 0. The topological polar surface area (TPSA) is 106 Å². The van der Waals surface area contributed by atoms with E-state index in [0.717, 1.165) is 52.8 Å². The first-order valence-electron chi connectivity index (χ1n) is 11.5. The predicted molar refractivity (Wildman–Crippen MR) is 134 cm³/mol. The van der Waals surface area contributed by atoms with Gasteiger partial charge in [0.1, 0.15) is 5.52 Å². The summed E-state index contributed by atoms with van der Waals surface area (Å²) in [6.07, 6.45) is 9.50. The number of imidazole rings is 1. The van der Waals surface area contributed by atoms with Gasteiger partial charge in [0.25, 0.3) is 10.0 Å². The largest absolute Gasteiger partial charge is 0.319 e. The minimum atomic E-state index is -3.79. The molecule has 4 heterocycles. The lowest BCUT2D eigenvalue weighted by atomic mass is 9.84. The van der Waals surface area contributed by atoms with Gasteiger partial charge in [-0.05, 0) is 49.8 Å². The molecule has 0 spiro atoms. The number of thiazole rings is 1. The Hall–Kier alpha value is -3.55. The van der Waals surface area contributed by atoms with E-state index in [-0.39, 0.29) is 10.9 Å². The molecule has 1 fully saturated rings. The van der Waals surface area contributed by atoms with Crippen molar-refractivity contribution in [3.63, 3.8) is 0 Å². The van der Waals surface area contributed by atoms with E-state index in [1.807, 2.05) is 12.3 Å². The van der Waals surface area contributed by atoms with Crippen molar-refractivity contribution in [3.8, 4) is 16.8 Å². The minimum Gasteiger partial charge on any atom is -0.319 e. The zero-order chi connectivity index (χ0) is 24.0. The molecule has 8 nitrogen and oxygen atoms in total. The fourth-order valence-electron chi connectivity index (χ4n) is 5.14. The highest BCUT2D eigenvalue weighted by Gasteiger charge is 2.29. The molecule has 0 amide bonds. The van der Waals surface area contributed by atoms with Gasteiger partial charge in [0.15, 0.2) is 11.5 Å². The fourth-order valence-corrected chi connectivity index (χ4v) is 7.07. The van der Waals surface area contributed by atoms with Crippen LogP contribution in [0.15, 0.2) is 65.4 Å². The first-order valence-corrected chi connectivity index (χ1v) is 13.8. The van der Waals surface area contributed by atoms with E-state index in [1.54, 1.807) is 48.2 Å². The zero-order valence-corrected chi connectivity index (χ0v) is 20.4. The molecule has 1 aromatic carbocycles. The van der Waals surface area contributed by atoms with Crippen LogP contribution in [0.4, 0.5) is 0 Å². The summed E-state index contributed by atoms with van der Waals surface area (Å²) in [4.78, 5) is 14.9. The number of nitriles is 1. The maximum atomic E-state index is 13.4. The van der Waals surface area contributed by atoms with E-state index in [1.165, 1.54) is 15.3 Å². The predicted octanol–water partition coefficient (Wildman–Crippen LogP) is 5.39. The van der Waals surface area contributed by atoms with Crippen LogP contribution in [0.25, 0.3) is 32.8 Å². The van der Waals surface area contributed by atoms with Gasteiger partial charge in [-0.2, -0.15) is 5.26 Å². The van der Waals surface area contributed by atoms with Crippen LogP contribution in [0.2, 0.25) is 0 Å². The maximum absolute atomic E-state index is 13.4. The molecule has 6 rings (SSSR count). The Morgan fingerprint density at radius 2 is 1.89 bits per heavy atom. The van der Waals surface area contributed by atoms with Crippen LogP contribution >= 0.6 is 11.3 Å². The zero-order valence-electron chi connectivity index (χ0n) is 18.8.